The van der Waals surface area contributed by atoms with Crippen LogP contribution in [0.5, 0.6) is 0 Å². The van der Waals surface area contributed by atoms with Gasteiger partial charge in [-0.3, -0.25) is 14.9 Å². The van der Waals surface area contributed by atoms with Crippen LogP contribution < -0.4 is 0 Å². The van der Waals surface area contributed by atoms with Gasteiger partial charge in [-0.2, -0.15) is 0 Å². The summed E-state index contributed by atoms with van der Waals surface area (Å²) < 4.78 is 0. The lowest BCUT2D eigenvalue weighted by atomic mass is 10.0. The van der Waals surface area contributed by atoms with E-state index >= 15 is 0 Å². The van der Waals surface area contributed by atoms with Crippen molar-refractivity contribution in [2.45, 2.75) is 25.3 Å². The number of para-hydroxylation sites is 1. The van der Waals surface area contributed by atoms with Crippen LogP contribution in [-0.4, -0.2) is 21.0 Å². The molecule has 100 valence electrons. The van der Waals surface area contributed by atoms with Crippen molar-refractivity contribution in [1.29, 1.82) is 0 Å². The number of aromatic nitrogens is 1. The molecule has 2 aromatic rings. The van der Waals surface area contributed by atoms with Crippen LogP contribution in [0.2, 0.25) is 0 Å². The molecule has 2 rings (SSSR count). The molecule has 6 heteroatoms. The minimum absolute atomic E-state index is 0.0489. The molecule has 0 bridgehead atoms. The van der Waals surface area contributed by atoms with Gasteiger partial charge in [-0.05, 0) is 12.5 Å². The predicted octanol–water partition coefficient (Wildman–Crippen LogP) is 2.74. The van der Waals surface area contributed by atoms with Crippen LogP contribution in [0.1, 0.15) is 30.9 Å². The van der Waals surface area contributed by atoms with E-state index in [-0.39, 0.29) is 17.8 Å². The van der Waals surface area contributed by atoms with Crippen LogP contribution in [-0.2, 0) is 4.79 Å². The second-order valence-corrected chi connectivity index (χ2v) is 4.38. The zero-order valence-electron chi connectivity index (χ0n) is 10.2. The van der Waals surface area contributed by atoms with Gasteiger partial charge in [0, 0.05) is 34.9 Å². The van der Waals surface area contributed by atoms with E-state index in [1.807, 2.05) is 24.3 Å². The number of aromatic amines is 1. The number of hydrogen-bond donors (Lipinski definition) is 2. The molecule has 1 aromatic carbocycles. The van der Waals surface area contributed by atoms with Crippen LogP contribution in [0.3, 0.4) is 0 Å². The fourth-order valence-electron chi connectivity index (χ4n) is 2.19. The van der Waals surface area contributed by atoms with Crippen LogP contribution in [0.25, 0.3) is 10.9 Å². The number of nitrogens with one attached hydrogen (secondary N) is 1. The van der Waals surface area contributed by atoms with E-state index in [9.17, 15) is 14.9 Å². The summed E-state index contributed by atoms with van der Waals surface area (Å²) in [5.41, 5.74) is 1.47. The summed E-state index contributed by atoms with van der Waals surface area (Å²) in [4.78, 5) is 24.3. The van der Waals surface area contributed by atoms with Crippen LogP contribution >= 0.6 is 0 Å². The number of H-pyrrole nitrogens is 1. The molecule has 1 atom stereocenters. The van der Waals surface area contributed by atoms with Gasteiger partial charge < -0.3 is 10.1 Å². The molecular formula is C13H14N2O4. The van der Waals surface area contributed by atoms with E-state index < -0.39 is 12.0 Å². The monoisotopic (exact) mass is 262 g/mol. The molecule has 0 aliphatic heterocycles. The molecule has 2 N–H and O–H groups in total. The number of nitro groups is 1. The van der Waals surface area contributed by atoms with Crippen LogP contribution in [0.4, 0.5) is 0 Å². The maximum Gasteiger partial charge on any atom is 0.303 e. The van der Waals surface area contributed by atoms with Crippen molar-refractivity contribution < 1.29 is 14.8 Å². The molecule has 0 saturated heterocycles. The highest BCUT2D eigenvalue weighted by Gasteiger charge is 2.25. The number of carbonyl (C=O) groups is 1. The topological polar surface area (TPSA) is 96.2 Å². The lowest BCUT2D eigenvalue weighted by molar-refractivity contribution is -0.529. The number of nitrogens with zero attached hydrogens (tertiary/aromatic N) is 1. The lowest BCUT2D eigenvalue weighted by Crippen LogP contribution is -2.10. The smallest absolute Gasteiger partial charge is 0.303 e. The normalized spacial score (nSPS) is 12.4. The minimum atomic E-state index is -0.930. The molecule has 0 aliphatic rings. The highest BCUT2D eigenvalue weighted by Crippen LogP contribution is 2.29. The Balaban J connectivity index is 2.23. The van der Waals surface area contributed by atoms with Gasteiger partial charge in [-0.15, -0.1) is 0 Å². The average Bonchev–Trinajstić information content (AvgIpc) is 2.77. The second-order valence-electron chi connectivity index (χ2n) is 4.38. The SMILES string of the molecule is O=C(O)CCCC(c1c[nH]c2ccccc12)[N+](=O)[O-]. The van der Waals surface area contributed by atoms with E-state index in [2.05, 4.69) is 4.98 Å². The fourth-order valence-corrected chi connectivity index (χ4v) is 2.19. The Morgan fingerprint density at radius 1 is 1.42 bits per heavy atom. The molecule has 1 heterocycles. The zero-order chi connectivity index (χ0) is 13.8. The third kappa shape index (κ3) is 2.90. The predicted molar refractivity (Wildman–Crippen MR) is 69.5 cm³/mol. The molecule has 19 heavy (non-hydrogen) atoms. The van der Waals surface area contributed by atoms with Gasteiger partial charge in [0.25, 0.3) is 0 Å². The summed E-state index contributed by atoms with van der Waals surface area (Å²) in [7, 11) is 0. The highest BCUT2D eigenvalue weighted by atomic mass is 16.6. The van der Waals surface area contributed by atoms with E-state index in [1.165, 1.54) is 0 Å². The quantitative estimate of drug-likeness (QED) is 0.618. The number of benzene rings is 1. The third-order valence-corrected chi connectivity index (χ3v) is 3.10. The van der Waals surface area contributed by atoms with E-state index in [0.717, 1.165) is 10.9 Å². The van der Waals surface area contributed by atoms with Crippen molar-refractivity contribution in [1.82, 2.24) is 4.98 Å². The summed E-state index contributed by atoms with van der Waals surface area (Å²) in [6.45, 7) is 0. The first-order valence-electron chi connectivity index (χ1n) is 6.01. The number of rotatable bonds is 6. The molecule has 0 spiro atoms. The standard InChI is InChI=1S/C13H14N2O4/c16-13(17)7-3-6-12(15(18)19)10-8-14-11-5-2-1-4-9(10)11/h1-2,4-5,8,12,14H,3,6-7H2,(H,16,17). The Morgan fingerprint density at radius 2 is 2.16 bits per heavy atom. The maximum atomic E-state index is 11.2. The Bertz CT molecular complexity index is 605. The van der Waals surface area contributed by atoms with Gasteiger partial charge in [-0.1, -0.05) is 18.2 Å². The van der Waals surface area contributed by atoms with Gasteiger partial charge >= 0.3 is 5.97 Å². The van der Waals surface area contributed by atoms with Crippen LogP contribution in [0.15, 0.2) is 30.5 Å². The number of carboxylic acids is 1. The third-order valence-electron chi connectivity index (χ3n) is 3.10. The Morgan fingerprint density at radius 3 is 2.84 bits per heavy atom. The summed E-state index contributed by atoms with van der Waals surface area (Å²) >= 11 is 0. The molecule has 1 unspecified atom stereocenters. The Hall–Kier alpha value is -2.37. The first-order chi connectivity index (χ1) is 9.09. The first kappa shape index (κ1) is 13.1. The summed E-state index contributed by atoms with van der Waals surface area (Å²) in [5, 5.41) is 20.6. The maximum absolute atomic E-state index is 11.2. The zero-order valence-corrected chi connectivity index (χ0v) is 10.2. The lowest BCUT2D eigenvalue weighted by Gasteiger charge is -2.07. The van der Waals surface area contributed by atoms with Crippen molar-refractivity contribution in [3.05, 3.63) is 46.1 Å². The minimum Gasteiger partial charge on any atom is -0.481 e. The molecule has 0 fully saturated rings. The number of hydrogen-bond acceptors (Lipinski definition) is 3. The molecule has 0 aliphatic carbocycles. The average molecular weight is 262 g/mol. The van der Waals surface area contributed by atoms with Crippen molar-refractivity contribution in [3.63, 3.8) is 0 Å². The summed E-state index contributed by atoms with van der Waals surface area (Å²) in [6.07, 6.45) is 2.10. The molecular weight excluding hydrogens is 248 g/mol. The van der Waals surface area contributed by atoms with E-state index in [0.29, 0.717) is 12.0 Å². The fraction of sp³-hybridized carbons (Fsp3) is 0.308. The number of carboxylic acid groups (broad SMARTS) is 1. The van der Waals surface area contributed by atoms with Crippen molar-refractivity contribution in [3.8, 4) is 0 Å². The van der Waals surface area contributed by atoms with Gasteiger partial charge in [0.2, 0.25) is 6.04 Å². The molecule has 0 radical (unpaired) electrons. The van der Waals surface area contributed by atoms with Gasteiger partial charge in [0.1, 0.15) is 0 Å². The molecule has 1 aromatic heterocycles. The first-order valence-corrected chi connectivity index (χ1v) is 6.01. The Kier molecular flexibility index (Phi) is 3.79. The number of aliphatic carboxylic acids is 1. The van der Waals surface area contributed by atoms with Crippen molar-refractivity contribution in [2.24, 2.45) is 0 Å². The molecule has 0 saturated carbocycles. The largest absolute Gasteiger partial charge is 0.481 e. The highest BCUT2D eigenvalue weighted by molar-refractivity contribution is 5.83. The van der Waals surface area contributed by atoms with Crippen LogP contribution in [0, 0.1) is 10.1 Å². The second kappa shape index (κ2) is 5.51. The summed E-state index contributed by atoms with van der Waals surface area (Å²) in [5.74, 6) is -0.930. The van der Waals surface area contributed by atoms with E-state index in [1.54, 1.807) is 6.20 Å². The summed E-state index contributed by atoms with van der Waals surface area (Å²) in [6, 6.07) is 6.50. The van der Waals surface area contributed by atoms with Gasteiger partial charge in [-0.25, -0.2) is 0 Å². The van der Waals surface area contributed by atoms with E-state index in [4.69, 9.17) is 5.11 Å². The molecule has 6 nitrogen and oxygen atoms in total. The van der Waals surface area contributed by atoms with Crippen molar-refractivity contribution in [2.75, 3.05) is 0 Å². The molecule has 0 amide bonds. The van der Waals surface area contributed by atoms with Crippen molar-refractivity contribution >= 4 is 16.9 Å². The Labute approximate surface area is 109 Å². The van der Waals surface area contributed by atoms with Gasteiger partial charge in [0.05, 0.1) is 5.56 Å². The van der Waals surface area contributed by atoms with Gasteiger partial charge in [0.15, 0.2) is 0 Å². The number of fused-ring (bicyclic) bond motifs is 1.